The van der Waals surface area contributed by atoms with Gasteiger partial charge in [0.15, 0.2) is 0 Å². The van der Waals surface area contributed by atoms with E-state index in [1.54, 1.807) is 19.2 Å². The minimum Gasteiger partial charge on any atom is -0.447 e. The van der Waals surface area contributed by atoms with E-state index >= 15 is 0 Å². The zero-order valence-electron chi connectivity index (χ0n) is 21.0. The van der Waals surface area contributed by atoms with Crippen LogP contribution in [-0.2, 0) is 9.53 Å². The third-order valence-corrected chi connectivity index (χ3v) is 6.96. The number of ether oxygens (including phenoxy) is 1. The molecule has 1 aromatic heterocycles. The summed E-state index contributed by atoms with van der Waals surface area (Å²) in [4.78, 5) is 38.4. The van der Waals surface area contributed by atoms with Crippen LogP contribution in [0.1, 0.15) is 44.0 Å². The van der Waals surface area contributed by atoms with E-state index in [2.05, 4.69) is 58.0 Å². The van der Waals surface area contributed by atoms with E-state index in [0.29, 0.717) is 24.9 Å². The number of aromatic nitrogens is 2. The van der Waals surface area contributed by atoms with Crippen LogP contribution in [0.15, 0.2) is 49.2 Å². The largest absolute Gasteiger partial charge is 0.447 e. The van der Waals surface area contributed by atoms with Crippen molar-refractivity contribution in [2.24, 2.45) is 0 Å². The number of cyclic esters (lactones) is 1. The van der Waals surface area contributed by atoms with E-state index in [1.807, 2.05) is 11.8 Å². The molecule has 3 heterocycles. The third-order valence-electron chi connectivity index (χ3n) is 6.96. The highest BCUT2D eigenvalue weighted by Gasteiger charge is 2.38. The first-order chi connectivity index (χ1) is 17.3. The molecule has 10 nitrogen and oxygen atoms in total. The van der Waals surface area contributed by atoms with Gasteiger partial charge in [0, 0.05) is 38.4 Å². The molecule has 2 aliphatic rings. The van der Waals surface area contributed by atoms with Gasteiger partial charge in [0.1, 0.15) is 18.5 Å². The molecule has 2 amide bonds. The van der Waals surface area contributed by atoms with Crippen LogP contribution in [0.3, 0.4) is 0 Å². The quantitative estimate of drug-likeness (QED) is 0.539. The zero-order chi connectivity index (χ0) is 25.8. The first-order valence-corrected chi connectivity index (χ1v) is 12.3. The smallest absolute Gasteiger partial charge is 0.416 e. The molecule has 1 unspecified atom stereocenters. The summed E-state index contributed by atoms with van der Waals surface area (Å²) in [6.45, 7) is 12.6. The molecule has 0 radical (unpaired) electrons. The molecule has 0 bridgehead atoms. The maximum Gasteiger partial charge on any atom is 0.416 e. The molecule has 36 heavy (non-hydrogen) atoms. The number of nitrogens with one attached hydrogen (secondary N) is 1. The highest BCUT2D eigenvalue weighted by molar-refractivity contribution is 5.89. The van der Waals surface area contributed by atoms with Crippen molar-refractivity contribution in [1.82, 2.24) is 19.8 Å². The summed E-state index contributed by atoms with van der Waals surface area (Å²) >= 11 is 0. The summed E-state index contributed by atoms with van der Waals surface area (Å²) < 4.78 is 5.10. The van der Waals surface area contributed by atoms with Crippen molar-refractivity contribution in [3.05, 3.63) is 60.3 Å². The lowest BCUT2D eigenvalue weighted by atomic mass is 10.0. The number of aliphatic hydroxyl groups is 1. The number of aliphatic hydroxyl groups excluding tert-OH is 1. The molecule has 2 aliphatic heterocycles. The zero-order valence-corrected chi connectivity index (χ0v) is 21.0. The van der Waals surface area contributed by atoms with Crippen molar-refractivity contribution in [2.75, 3.05) is 43.0 Å². The standard InChI is InChI=1S/C26H34N6O4/c1-5-24(34)31-14-12-30(13-15-31)18(3)21-8-6-20(7-9-21)17(2)28-25-27-11-10-23(29-25)32-22(19(4)33)16-36-26(32)35/h5-11,17-19,22,33H,1,12-16H2,2-4H3,(H,27,28,29)/t17-,18?,19+,22+/m0/s1. The first kappa shape index (κ1) is 25.6. The molecule has 2 aromatic rings. The van der Waals surface area contributed by atoms with Crippen molar-refractivity contribution < 1.29 is 19.4 Å². The number of amides is 2. The molecule has 0 aliphatic carbocycles. The molecule has 2 fully saturated rings. The van der Waals surface area contributed by atoms with Gasteiger partial charge in [-0.1, -0.05) is 30.8 Å². The Bertz CT molecular complexity index is 1080. The minimum absolute atomic E-state index is 0.00852. The van der Waals surface area contributed by atoms with Crippen molar-refractivity contribution in [3.8, 4) is 0 Å². The monoisotopic (exact) mass is 494 g/mol. The Morgan fingerprint density at radius 1 is 1.14 bits per heavy atom. The predicted molar refractivity (Wildman–Crippen MR) is 137 cm³/mol. The summed E-state index contributed by atoms with van der Waals surface area (Å²) in [5.41, 5.74) is 2.29. The van der Waals surface area contributed by atoms with Gasteiger partial charge in [0.25, 0.3) is 0 Å². The van der Waals surface area contributed by atoms with Gasteiger partial charge in [-0.2, -0.15) is 4.98 Å². The van der Waals surface area contributed by atoms with Gasteiger partial charge in [-0.3, -0.25) is 14.6 Å². The van der Waals surface area contributed by atoms with Crippen molar-refractivity contribution in [3.63, 3.8) is 0 Å². The average Bonchev–Trinajstić information content (AvgIpc) is 3.29. The molecule has 4 rings (SSSR count). The predicted octanol–water partition coefficient (Wildman–Crippen LogP) is 2.75. The molecule has 4 atom stereocenters. The van der Waals surface area contributed by atoms with Gasteiger partial charge >= 0.3 is 6.09 Å². The van der Waals surface area contributed by atoms with Crippen molar-refractivity contribution in [1.29, 1.82) is 0 Å². The fourth-order valence-corrected chi connectivity index (χ4v) is 4.62. The van der Waals surface area contributed by atoms with Crippen LogP contribution in [-0.4, -0.2) is 81.8 Å². The fourth-order valence-electron chi connectivity index (χ4n) is 4.62. The molecule has 2 saturated heterocycles. The number of piperazine rings is 1. The van der Waals surface area contributed by atoms with E-state index in [0.717, 1.165) is 18.7 Å². The lowest BCUT2D eigenvalue weighted by molar-refractivity contribution is -0.128. The van der Waals surface area contributed by atoms with Gasteiger partial charge in [-0.15, -0.1) is 0 Å². The third kappa shape index (κ3) is 5.50. The van der Waals surface area contributed by atoms with Gasteiger partial charge in [-0.05, 0) is 44.0 Å². The molecule has 0 saturated carbocycles. The number of anilines is 2. The van der Waals surface area contributed by atoms with Gasteiger partial charge in [-0.25, -0.2) is 9.78 Å². The maximum absolute atomic E-state index is 12.2. The molecule has 10 heteroatoms. The van der Waals surface area contributed by atoms with E-state index in [9.17, 15) is 14.7 Å². The van der Waals surface area contributed by atoms with Crippen molar-refractivity contribution >= 4 is 23.8 Å². The number of benzene rings is 1. The van der Waals surface area contributed by atoms with E-state index in [-0.39, 0.29) is 24.6 Å². The van der Waals surface area contributed by atoms with Crippen LogP contribution >= 0.6 is 0 Å². The highest BCUT2D eigenvalue weighted by atomic mass is 16.6. The van der Waals surface area contributed by atoms with Gasteiger partial charge in [0.2, 0.25) is 11.9 Å². The minimum atomic E-state index is -0.749. The molecule has 2 N–H and O–H groups in total. The number of hydrogen-bond donors (Lipinski definition) is 2. The topological polar surface area (TPSA) is 111 Å². The normalized spacial score (nSPS) is 21.0. The Kier molecular flexibility index (Phi) is 7.85. The Labute approximate surface area is 211 Å². The molecular weight excluding hydrogens is 460 g/mol. The van der Waals surface area contributed by atoms with Crippen LogP contribution in [0.4, 0.5) is 16.6 Å². The van der Waals surface area contributed by atoms with E-state index in [4.69, 9.17) is 4.74 Å². The lowest BCUT2D eigenvalue weighted by Gasteiger charge is -2.38. The average molecular weight is 495 g/mol. The molecule has 0 spiro atoms. The molecule has 1 aromatic carbocycles. The summed E-state index contributed by atoms with van der Waals surface area (Å²) in [6, 6.07) is 9.74. The fraction of sp³-hybridized carbons (Fsp3) is 0.462. The number of carbonyl (C=O) groups is 2. The Hall–Kier alpha value is -3.50. The SMILES string of the molecule is C=CC(=O)N1CCN(C(C)c2ccc([C@H](C)Nc3nccc(N4C(=O)OC[C@@H]4[C@@H](C)O)n3)cc2)CC1. The van der Waals surface area contributed by atoms with Gasteiger partial charge < -0.3 is 20.1 Å². The highest BCUT2D eigenvalue weighted by Crippen LogP contribution is 2.27. The number of rotatable bonds is 8. The van der Waals surface area contributed by atoms with Crippen LogP contribution in [0.5, 0.6) is 0 Å². The maximum atomic E-state index is 12.2. The summed E-state index contributed by atoms with van der Waals surface area (Å²) in [5, 5.41) is 13.3. The Balaban J connectivity index is 1.38. The van der Waals surface area contributed by atoms with E-state index in [1.165, 1.54) is 16.5 Å². The van der Waals surface area contributed by atoms with Crippen LogP contribution in [0.25, 0.3) is 0 Å². The van der Waals surface area contributed by atoms with Crippen LogP contribution < -0.4 is 10.2 Å². The van der Waals surface area contributed by atoms with Crippen LogP contribution in [0, 0.1) is 0 Å². The molecular formula is C26H34N6O4. The van der Waals surface area contributed by atoms with Gasteiger partial charge in [0.05, 0.1) is 12.1 Å². The number of nitrogens with zero attached hydrogens (tertiary/aromatic N) is 5. The Morgan fingerprint density at radius 3 is 2.44 bits per heavy atom. The first-order valence-electron chi connectivity index (χ1n) is 12.3. The van der Waals surface area contributed by atoms with Crippen LogP contribution in [0.2, 0.25) is 0 Å². The lowest BCUT2D eigenvalue weighted by Crippen LogP contribution is -2.48. The van der Waals surface area contributed by atoms with E-state index < -0.39 is 18.2 Å². The number of carbonyl (C=O) groups excluding carboxylic acids is 2. The Morgan fingerprint density at radius 2 is 1.81 bits per heavy atom. The second-order valence-corrected chi connectivity index (χ2v) is 9.27. The second kappa shape index (κ2) is 11.0. The van der Waals surface area contributed by atoms with Crippen molar-refractivity contribution in [2.45, 2.75) is 45.0 Å². The number of hydrogen-bond acceptors (Lipinski definition) is 8. The summed E-state index contributed by atoms with van der Waals surface area (Å²) in [6.07, 6.45) is 1.68. The summed E-state index contributed by atoms with van der Waals surface area (Å²) in [7, 11) is 0. The summed E-state index contributed by atoms with van der Waals surface area (Å²) in [5.74, 6) is 0.756. The second-order valence-electron chi connectivity index (χ2n) is 9.27. The molecule has 192 valence electrons.